The van der Waals surface area contributed by atoms with Gasteiger partial charge in [-0.25, -0.2) is 0 Å². The minimum absolute atomic E-state index is 0.763. The molecule has 0 atom stereocenters. The van der Waals surface area contributed by atoms with Crippen molar-refractivity contribution in [1.29, 1.82) is 0 Å². The number of benzene rings is 1. The highest BCUT2D eigenvalue weighted by Crippen LogP contribution is 2.21. The molecule has 0 bridgehead atoms. The van der Waals surface area contributed by atoms with E-state index in [1.165, 1.54) is 0 Å². The molecule has 0 amide bonds. The number of para-hydroxylation sites is 1. The molecular formula is C12H11BrN2O. The third kappa shape index (κ3) is 2.52. The van der Waals surface area contributed by atoms with Gasteiger partial charge in [0, 0.05) is 4.47 Å². The van der Waals surface area contributed by atoms with E-state index in [1.807, 2.05) is 43.3 Å². The highest BCUT2D eigenvalue weighted by Gasteiger charge is 2.00. The van der Waals surface area contributed by atoms with E-state index in [0.717, 1.165) is 21.6 Å². The van der Waals surface area contributed by atoms with Crippen molar-refractivity contribution in [2.24, 2.45) is 5.10 Å². The molecule has 0 saturated heterocycles. The van der Waals surface area contributed by atoms with Crippen LogP contribution in [0, 0.1) is 0 Å². The summed E-state index contributed by atoms with van der Waals surface area (Å²) in [5, 5.41) is 4.24. The molecule has 16 heavy (non-hydrogen) atoms. The lowest BCUT2D eigenvalue weighted by molar-refractivity contribution is 0.557. The summed E-state index contributed by atoms with van der Waals surface area (Å²) in [5.74, 6) is 0.763. The summed E-state index contributed by atoms with van der Waals surface area (Å²) >= 11 is 3.44. The number of nitrogens with one attached hydrogen (secondary N) is 1. The van der Waals surface area contributed by atoms with Crippen molar-refractivity contribution >= 4 is 27.3 Å². The lowest BCUT2D eigenvalue weighted by Gasteiger charge is -2.03. The summed E-state index contributed by atoms with van der Waals surface area (Å²) in [6, 6.07) is 11.5. The van der Waals surface area contributed by atoms with Gasteiger partial charge in [-0.3, -0.25) is 5.43 Å². The van der Waals surface area contributed by atoms with Crippen LogP contribution < -0.4 is 5.43 Å². The maximum atomic E-state index is 5.23. The van der Waals surface area contributed by atoms with Crippen LogP contribution in [0.15, 0.2) is 56.7 Å². The minimum atomic E-state index is 0.763. The van der Waals surface area contributed by atoms with Crippen LogP contribution in [0.25, 0.3) is 0 Å². The molecule has 0 fully saturated rings. The summed E-state index contributed by atoms with van der Waals surface area (Å²) in [7, 11) is 0. The van der Waals surface area contributed by atoms with E-state index in [-0.39, 0.29) is 0 Å². The molecule has 0 saturated carbocycles. The smallest absolute Gasteiger partial charge is 0.149 e. The van der Waals surface area contributed by atoms with Gasteiger partial charge in [-0.05, 0) is 47.1 Å². The Kier molecular flexibility index (Phi) is 3.41. The second-order valence-corrected chi connectivity index (χ2v) is 4.12. The molecule has 1 N–H and O–H groups in total. The molecule has 1 aromatic carbocycles. The van der Waals surface area contributed by atoms with Crippen LogP contribution in [0.5, 0.6) is 0 Å². The highest BCUT2D eigenvalue weighted by atomic mass is 79.9. The molecule has 0 spiro atoms. The van der Waals surface area contributed by atoms with Crippen LogP contribution >= 0.6 is 15.9 Å². The third-order valence-corrected chi connectivity index (χ3v) is 2.79. The average molecular weight is 279 g/mol. The number of anilines is 1. The predicted octanol–water partition coefficient (Wildman–Crippen LogP) is 3.88. The van der Waals surface area contributed by atoms with Crippen LogP contribution in [0.1, 0.15) is 12.7 Å². The lowest BCUT2D eigenvalue weighted by Crippen LogP contribution is -1.98. The van der Waals surface area contributed by atoms with Crippen molar-refractivity contribution in [3.8, 4) is 0 Å². The molecule has 2 aromatic rings. The minimum Gasteiger partial charge on any atom is -0.463 e. The fourth-order valence-electron chi connectivity index (χ4n) is 1.24. The fraction of sp³-hybridized carbons (Fsp3) is 0.0833. The second kappa shape index (κ2) is 4.99. The molecule has 2 rings (SSSR count). The lowest BCUT2D eigenvalue weighted by atomic mass is 10.3. The van der Waals surface area contributed by atoms with Gasteiger partial charge in [0.25, 0.3) is 0 Å². The van der Waals surface area contributed by atoms with Gasteiger partial charge < -0.3 is 4.42 Å². The summed E-state index contributed by atoms with van der Waals surface area (Å²) in [6.07, 6.45) is 1.63. The molecular weight excluding hydrogens is 268 g/mol. The Morgan fingerprint density at radius 1 is 1.25 bits per heavy atom. The number of hydrogen-bond acceptors (Lipinski definition) is 3. The molecule has 1 aromatic heterocycles. The SMILES string of the molecule is CC(=NNc1ccccc1Br)c1ccco1. The van der Waals surface area contributed by atoms with Crippen molar-refractivity contribution in [2.45, 2.75) is 6.92 Å². The monoisotopic (exact) mass is 278 g/mol. The molecule has 0 radical (unpaired) electrons. The Bertz CT molecular complexity index is 491. The molecule has 0 aliphatic rings. The van der Waals surface area contributed by atoms with E-state index in [2.05, 4.69) is 26.5 Å². The zero-order chi connectivity index (χ0) is 11.4. The number of furan rings is 1. The molecule has 3 nitrogen and oxygen atoms in total. The Morgan fingerprint density at radius 2 is 2.06 bits per heavy atom. The largest absolute Gasteiger partial charge is 0.463 e. The maximum Gasteiger partial charge on any atom is 0.149 e. The first-order valence-corrected chi connectivity index (χ1v) is 5.65. The van der Waals surface area contributed by atoms with E-state index in [4.69, 9.17) is 4.42 Å². The van der Waals surface area contributed by atoms with Crippen molar-refractivity contribution in [3.05, 3.63) is 52.9 Å². The van der Waals surface area contributed by atoms with E-state index in [9.17, 15) is 0 Å². The van der Waals surface area contributed by atoms with Crippen molar-refractivity contribution in [2.75, 3.05) is 5.43 Å². The fourth-order valence-corrected chi connectivity index (χ4v) is 1.61. The molecule has 0 aliphatic heterocycles. The zero-order valence-electron chi connectivity index (χ0n) is 8.77. The van der Waals surface area contributed by atoms with Gasteiger partial charge in [-0.2, -0.15) is 5.10 Å². The maximum absolute atomic E-state index is 5.23. The van der Waals surface area contributed by atoms with Crippen molar-refractivity contribution in [3.63, 3.8) is 0 Å². The summed E-state index contributed by atoms with van der Waals surface area (Å²) in [6.45, 7) is 1.89. The Morgan fingerprint density at radius 3 is 2.75 bits per heavy atom. The summed E-state index contributed by atoms with van der Waals surface area (Å²) in [4.78, 5) is 0. The number of halogens is 1. The van der Waals surface area contributed by atoms with E-state index >= 15 is 0 Å². The average Bonchev–Trinajstić information content (AvgIpc) is 2.81. The van der Waals surface area contributed by atoms with Gasteiger partial charge in [0.15, 0.2) is 0 Å². The zero-order valence-corrected chi connectivity index (χ0v) is 10.4. The first kappa shape index (κ1) is 11.0. The van der Waals surface area contributed by atoms with E-state index in [1.54, 1.807) is 6.26 Å². The van der Waals surface area contributed by atoms with Crippen LogP contribution in [0.4, 0.5) is 5.69 Å². The first-order valence-electron chi connectivity index (χ1n) is 4.86. The standard InChI is InChI=1S/C12H11BrN2O/c1-9(12-7-4-8-16-12)14-15-11-6-3-2-5-10(11)13/h2-8,15H,1H3. The van der Waals surface area contributed by atoms with Gasteiger partial charge in [0.2, 0.25) is 0 Å². The molecule has 0 unspecified atom stereocenters. The highest BCUT2D eigenvalue weighted by molar-refractivity contribution is 9.10. The number of hydrogen-bond donors (Lipinski definition) is 1. The van der Waals surface area contributed by atoms with Gasteiger partial charge in [0.05, 0.1) is 12.0 Å². The van der Waals surface area contributed by atoms with Crippen LogP contribution in [0.2, 0.25) is 0 Å². The molecule has 82 valence electrons. The number of hydrazone groups is 1. The molecule has 1 heterocycles. The Balaban J connectivity index is 2.13. The van der Waals surface area contributed by atoms with Crippen LogP contribution in [0.3, 0.4) is 0 Å². The topological polar surface area (TPSA) is 37.5 Å². The third-order valence-electron chi connectivity index (χ3n) is 2.10. The quantitative estimate of drug-likeness (QED) is 0.684. The van der Waals surface area contributed by atoms with Gasteiger partial charge in [-0.15, -0.1) is 0 Å². The van der Waals surface area contributed by atoms with Gasteiger partial charge in [0.1, 0.15) is 11.5 Å². The van der Waals surface area contributed by atoms with Gasteiger partial charge in [-0.1, -0.05) is 12.1 Å². The van der Waals surface area contributed by atoms with Crippen molar-refractivity contribution < 1.29 is 4.42 Å². The summed E-state index contributed by atoms with van der Waals surface area (Å²) in [5.41, 5.74) is 4.71. The van der Waals surface area contributed by atoms with E-state index < -0.39 is 0 Å². The van der Waals surface area contributed by atoms with Gasteiger partial charge >= 0.3 is 0 Å². The number of nitrogens with zero attached hydrogens (tertiary/aromatic N) is 1. The van der Waals surface area contributed by atoms with Crippen molar-refractivity contribution in [1.82, 2.24) is 0 Å². The van der Waals surface area contributed by atoms with E-state index in [0.29, 0.717) is 0 Å². The Labute approximate surface area is 102 Å². The first-order chi connectivity index (χ1) is 7.77. The molecule has 4 heteroatoms. The predicted molar refractivity (Wildman–Crippen MR) is 68.7 cm³/mol. The second-order valence-electron chi connectivity index (χ2n) is 3.27. The molecule has 0 aliphatic carbocycles. The normalized spacial score (nSPS) is 11.5. The summed E-state index contributed by atoms with van der Waals surface area (Å²) < 4.78 is 6.21. The number of rotatable bonds is 3. The van der Waals surface area contributed by atoms with Crippen LogP contribution in [-0.2, 0) is 0 Å². The Hall–Kier alpha value is -1.55. The van der Waals surface area contributed by atoms with Crippen LogP contribution in [-0.4, -0.2) is 5.71 Å².